The molecule has 0 saturated heterocycles. The molecule has 3 nitrogen and oxygen atoms in total. The number of aromatic nitrogens is 2. The molecule has 2 aromatic rings. The summed E-state index contributed by atoms with van der Waals surface area (Å²) in [6.07, 6.45) is 4.94. The van der Waals surface area contributed by atoms with Gasteiger partial charge in [-0.15, -0.1) is 0 Å². The van der Waals surface area contributed by atoms with Crippen LogP contribution in [0.3, 0.4) is 0 Å². The van der Waals surface area contributed by atoms with E-state index in [1.54, 1.807) is 6.20 Å². The largest absolute Gasteiger partial charge is 0.388 e. The first kappa shape index (κ1) is 13.8. The summed E-state index contributed by atoms with van der Waals surface area (Å²) in [6, 6.07) is 6.20. The average molecular weight is 258 g/mol. The molecule has 1 aromatic carbocycles. The molecule has 102 valence electrons. The second-order valence-corrected chi connectivity index (χ2v) is 5.12. The normalized spacial score (nSPS) is 12.6. The molecule has 0 aliphatic heterocycles. The Hall–Kier alpha value is -1.61. The highest BCUT2D eigenvalue weighted by Gasteiger charge is 2.14. The van der Waals surface area contributed by atoms with E-state index in [0.29, 0.717) is 6.42 Å². The molecule has 0 radical (unpaired) electrons. The van der Waals surface area contributed by atoms with Crippen molar-refractivity contribution in [3.05, 3.63) is 53.1 Å². The van der Waals surface area contributed by atoms with Crippen LogP contribution in [0.2, 0.25) is 0 Å². The lowest BCUT2D eigenvalue weighted by molar-refractivity contribution is 0.173. The third-order valence-corrected chi connectivity index (χ3v) is 3.44. The second kappa shape index (κ2) is 6.02. The van der Waals surface area contributed by atoms with E-state index in [1.165, 1.54) is 5.56 Å². The van der Waals surface area contributed by atoms with Gasteiger partial charge in [0.05, 0.1) is 6.10 Å². The lowest BCUT2D eigenvalue weighted by Gasteiger charge is -2.15. The van der Waals surface area contributed by atoms with Gasteiger partial charge in [-0.25, -0.2) is 4.98 Å². The summed E-state index contributed by atoms with van der Waals surface area (Å²) in [5, 5.41) is 10.4. The summed E-state index contributed by atoms with van der Waals surface area (Å²) in [7, 11) is 0. The Bertz CT molecular complexity index is 545. The molecule has 1 atom stereocenters. The van der Waals surface area contributed by atoms with Crippen molar-refractivity contribution in [1.82, 2.24) is 9.55 Å². The monoisotopic (exact) mass is 258 g/mol. The minimum atomic E-state index is -0.488. The molecule has 0 amide bonds. The second-order valence-electron chi connectivity index (χ2n) is 5.12. The van der Waals surface area contributed by atoms with Gasteiger partial charge in [-0.1, -0.05) is 30.7 Å². The molecule has 1 heterocycles. The van der Waals surface area contributed by atoms with Crippen molar-refractivity contribution >= 4 is 0 Å². The molecular weight excluding hydrogens is 236 g/mol. The molecular formula is C16H22N2O. The van der Waals surface area contributed by atoms with Crippen LogP contribution in [0.1, 0.15) is 42.0 Å². The van der Waals surface area contributed by atoms with Crippen LogP contribution in [0.4, 0.5) is 0 Å². The van der Waals surface area contributed by atoms with Gasteiger partial charge in [0.25, 0.3) is 0 Å². The number of aryl methyl sites for hydroxylation is 3. The summed E-state index contributed by atoms with van der Waals surface area (Å²) in [4.78, 5) is 4.36. The fourth-order valence-corrected chi connectivity index (χ4v) is 2.38. The Morgan fingerprint density at radius 1 is 1.32 bits per heavy atom. The minimum absolute atomic E-state index is 0.488. The molecule has 0 spiro atoms. The fraction of sp³-hybridized carbons (Fsp3) is 0.438. The van der Waals surface area contributed by atoms with Crippen LogP contribution in [0, 0.1) is 13.8 Å². The molecule has 0 bridgehead atoms. The Labute approximate surface area is 114 Å². The van der Waals surface area contributed by atoms with E-state index < -0.39 is 6.10 Å². The predicted molar refractivity (Wildman–Crippen MR) is 77.1 cm³/mol. The molecule has 1 unspecified atom stereocenters. The van der Waals surface area contributed by atoms with E-state index in [2.05, 4.69) is 34.7 Å². The summed E-state index contributed by atoms with van der Waals surface area (Å²) in [5.41, 5.74) is 3.31. The molecule has 1 aromatic heterocycles. The number of nitrogens with zero attached hydrogens (tertiary/aromatic N) is 2. The van der Waals surface area contributed by atoms with Crippen molar-refractivity contribution in [2.24, 2.45) is 0 Å². The lowest BCUT2D eigenvalue weighted by atomic mass is 9.99. The van der Waals surface area contributed by atoms with E-state index in [4.69, 9.17) is 0 Å². The summed E-state index contributed by atoms with van der Waals surface area (Å²) in [5.74, 6) is 0.954. The van der Waals surface area contributed by atoms with Gasteiger partial charge in [0.1, 0.15) is 5.82 Å². The highest BCUT2D eigenvalue weighted by Crippen LogP contribution is 2.22. The Morgan fingerprint density at radius 2 is 2.11 bits per heavy atom. The first-order valence-corrected chi connectivity index (χ1v) is 6.87. The lowest BCUT2D eigenvalue weighted by Crippen LogP contribution is -2.10. The summed E-state index contributed by atoms with van der Waals surface area (Å²) >= 11 is 0. The maximum Gasteiger partial charge on any atom is 0.111 e. The fourth-order valence-electron chi connectivity index (χ4n) is 2.38. The van der Waals surface area contributed by atoms with E-state index in [9.17, 15) is 5.11 Å². The Morgan fingerprint density at radius 3 is 2.84 bits per heavy atom. The van der Waals surface area contributed by atoms with Crippen LogP contribution < -0.4 is 0 Å². The van der Waals surface area contributed by atoms with E-state index in [1.807, 2.05) is 20.0 Å². The number of aliphatic hydroxyl groups excluding tert-OH is 1. The zero-order valence-corrected chi connectivity index (χ0v) is 11.9. The van der Waals surface area contributed by atoms with Crippen LogP contribution in [0.15, 0.2) is 30.6 Å². The van der Waals surface area contributed by atoms with Crippen LogP contribution >= 0.6 is 0 Å². The number of benzene rings is 1. The van der Waals surface area contributed by atoms with Crippen LogP contribution in [0.5, 0.6) is 0 Å². The number of hydrogen-bond donors (Lipinski definition) is 1. The van der Waals surface area contributed by atoms with Crippen LogP contribution in [0.25, 0.3) is 0 Å². The minimum Gasteiger partial charge on any atom is -0.388 e. The summed E-state index contributed by atoms with van der Waals surface area (Å²) < 4.78 is 2.12. The topological polar surface area (TPSA) is 38.0 Å². The number of hydrogen-bond acceptors (Lipinski definition) is 2. The van der Waals surface area contributed by atoms with Crippen molar-refractivity contribution in [1.29, 1.82) is 0 Å². The van der Waals surface area contributed by atoms with Crippen molar-refractivity contribution < 1.29 is 5.11 Å². The molecule has 1 N–H and O–H groups in total. The maximum absolute atomic E-state index is 10.4. The van der Waals surface area contributed by atoms with E-state index >= 15 is 0 Å². The number of rotatable bonds is 5. The van der Waals surface area contributed by atoms with Gasteiger partial charge in [-0.2, -0.15) is 0 Å². The Balaban J connectivity index is 2.18. The molecule has 2 rings (SSSR count). The SMILES string of the molecule is CCCn1ccnc1CC(O)c1cc(C)ccc1C. The zero-order chi connectivity index (χ0) is 13.8. The number of imidazole rings is 1. The number of aliphatic hydroxyl groups is 1. The summed E-state index contributed by atoms with van der Waals surface area (Å²) in [6.45, 7) is 7.18. The van der Waals surface area contributed by atoms with Crippen LogP contribution in [-0.2, 0) is 13.0 Å². The van der Waals surface area contributed by atoms with E-state index in [-0.39, 0.29) is 0 Å². The van der Waals surface area contributed by atoms with Gasteiger partial charge in [-0.3, -0.25) is 0 Å². The molecule has 19 heavy (non-hydrogen) atoms. The molecule has 3 heteroatoms. The highest BCUT2D eigenvalue weighted by molar-refractivity contribution is 5.32. The van der Waals surface area contributed by atoms with E-state index in [0.717, 1.165) is 29.9 Å². The first-order valence-electron chi connectivity index (χ1n) is 6.87. The van der Waals surface area contributed by atoms with Gasteiger partial charge in [-0.05, 0) is 31.4 Å². The third kappa shape index (κ3) is 3.24. The third-order valence-electron chi connectivity index (χ3n) is 3.44. The molecule has 0 saturated carbocycles. The highest BCUT2D eigenvalue weighted by atomic mass is 16.3. The van der Waals surface area contributed by atoms with Crippen LogP contribution in [-0.4, -0.2) is 14.7 Å². The smallest absolute Gasteiger partial charge is 0.111 e. The molecule has 0 aliphatic carbocycles. The predicted octanol–water partition coefficient (Wildman–Crippen LogP) is 3.19. The quantitative estimate of drug-likeness (QED) is 0.894. The maximum atomic E-state index is 10.4. The van der Waals surface area contributed by atoms with Crippen molar-refractivity contribution in [2.75, 3.05) is 0 Å². The van der Waals surface area contributed by atoms with Gasteiger partial charge in [0.15, 0.2) is 0 Å². The standard InChI is InChI=1S/C16H22N2O/c1-4-8-18-9-7-17-16(18)11-15(19)14-10-12(2)5-6-13(14)3/h5-7,9-10,15,19H,4,8,11H2,1-3H3. The van der Waals surface area contributed by atoms with Gasteiger partial charge >= 0.3 is 0 Å². The van der Waals surface area contributed by atoms with Crippen molar-refractivity contribution in [3.63, 3.8) is 0 Å². The molecule has 0 aliphatic rings. The van der Waals surface area contributed by atoms with Gasteiger partial charge < -0.3 is 9.67 Å². The zero-order valence-electron chi connectivity index (χ0n) is 11.9. The molecule has 0 fully saturated rings. The average Bonchev–Trinajstić information content (AvgIpc) is 2.80. The first-order chi connectivity index (χ1) is 9.11. The van der Waals surface area contributed by atoms with Crippen molar-refractivity contribution in [2.45, 2.75) is 46.3 Å². The van der Waals surface area contributed by atoms with Gasteiger partial charge in [0.2, 0.25) is 0 Å². The Kier molecular flexibility index (Phi) is 4.38. The van der Waals surface area contributed by atoms with Crippen molar-refractivity contribution in [3.8, 4) is 0 Å². The van der Waals surface area contributed by atoms with Gasteiger partial charge in [0, 0.05) is 25.4 Å².